The van der Waals surface area contributed by atoms with E-state index >= 15 is 0 Å². The van der Waals surface area contributed by atoms with Crippen LogP contribution in [0.1, 0.15) is 6.42 Å². The maximum Gasteiger partial charge on any atom is 0.428 e. The summed E-state index contributed by atoms with van der Waals surface area (Å²) in [7, 11) is -1.99. The highest BCUT2D eigenvalue weighted by Crippen LogP contribution is 2.35. The lowest BCUT2D eigenvalue weighted by molar-refractivity contribution is -0.335. The molecule has 0 aliphatic carbocycles. The lowest BCUT2D eigenvalue weighted by Gasteiger charge is -2.22. The number of halogens is 7. The van der Waals surface area contributed by atoms with Crippen molar-refractivity contribution < 1.29 is 31.1 Å². The maximum atomic E-state index is 12.6. The van der Waals surface area contributed by atoms with Crippen LogP contribution in [0, 0.1) is 0 Å². The molecule has 0 N–H and O–H groups in total. The minimum atomic E-state index is -5.63. The van der Waals surface area contributed by atoms with E-state index in [9.17, 15) is 26.3 Å². The molecule has 9 heteroatoms. The second kappa shape index (κ2) is 5.79. The predicted molar refractivity (Wildman–Crippen MR) is 54.6 cm³/mol. The molecule has 0 bridgehead atoms. The predicted octanol–water partition coefficient (Wildman–Crippen LogP) is 4.33. The zero-order chi connectivity index (χ0) is 13.9. The van der Waals surface area contributed by atoms with Crippen molar-refractivity contribution in [3.63, 3.8) is 0 Å². The van der Waals surface area contributed by atoms with E-state index < -0.39 is 32.4 Å². The lowest BCUT2D eigenvalue weighted by atomic mass is 10.3. The quantitative estimate of drug-likeness (QED) is 0.307. The van der Waals surface area contributed by atoms with Crippen LogP contribution in [0.15, 0.2) is 0 Å². The van der Waals surface area contributed by atoms with Crippen molar-refractivity contribution in [2.75, 3.05) is 6.61 Å². The first-order valence-corrected chi connectivity index (χ1v) is 8.99. The fourth-order valence-corrected chi connectivity index (χ4v) is 2.35. The summed E-state index contributed by atoms with van der Waals surface area (Å²) in [4.78, 5) is 0. The molecule has 0 saturated heterocycles. The molecule has 0 saturated carbocycles. The number of alkyl halides is 6. The van der Waals surface area contributed by atoms with Crippen molar-refractivity contribution in [1.29, 1.82) is 0 Å². The van der Waals surface area contributed by atoms with Crippen LogP contribution in [0.5, 0.6) is 0 Å². The van der Waals surface area contributed by atoms with Gasteiger partial charge in [-0.05, 0) is 12.5 Å². The summed E-state index contributed by atoms with van der Waals surface area (Å²) in [5, 5.41) is 0. The van der Waals surface area contributed by atoms with E-state index in [1.807, 2.05) is 0 Å². The SMILES string of the molecule is C[Si](C)(Cl)CCCOC(F)(F)C(F)C(F)(F)F. The summed E-state index contributed by atoms with van der Waals surface area (Å²) in [5.74, 6) is 0. The molecule has 0 fully saturated rings. The highest BCUT2D eigenvalue weighted by atomic mass is 35.6. The molecule has 0 rings (SSSR count). The zero-order valence-electron chi connectivity index (χ0n) is 9.25. The maximum absolute atomic E-state index is 12.6. The standard InChI is InChI=1S/C8H13ClF6OSi/c1-17(2,9)5-3-4-16-8(14,15)6(10)7(11,12)13/h6H,3-5H2,1-2H3. The van der Waals surface area contributed by atoms with Crippen LogP contribution in [0.2, 0.25) is 19.1 Å². The Morgan fingerprint density at radius 2 is 1.65 bits per heavy atom. The molecule has 0 aromatic rings. The first kappa shape index (κ1) is 17.0. The van der Waals surface area contributed by atoms with Gasteiger partial charge in [-0.15, -0.1) is 0 Å². The van der Waals surface area contributed by atoms with Crippen LogP contribution in [-0.4, -0.2) is 32.4 Å². The van der Waals surface area contributed by atoms with E-state index in [1.165, 1.54) is 0 Å². The molecule has 1 unspecified atom stereocenters. The van der Waals surface area contributed by atoms with Gasteiger partial charge in [0, 0.05) is 0 Å². The van der Waals surface area contributed by atoms with Crippen molar-refractivity contribution in [3.05, 3.63) is 0 Å². The van der Waals surface area contributed by atoms with Crippen molar-refractivity contribution >= 4 is 18.5 Å². The molecule has 1 atom stereocenters. The van der Waals surface area contributed by atoms with E-state index in [2.05, 4.69) is 4.74 Å². The summed E-state index contributed by atoms with van der Waals surface area (Å²) in [6.07, 6.45) is -14.7. The van der Waals surface area contributed by atoms with Gasteiger partial charge in [-0.3, -0.25) is 0 Å². The normalized spacial score (nSPS) is 16.1. The van der Waals surface area contributed by atoms with Crippen LogP contribution >= 0.6 is 11.1 Å². The Labute approximate surface area is 101 Å². The third-order valence-electron chi connectivity index (χ3n) is 1.79. The van der Waals surface area contributed by atoms with Crippen LogP contribution in [0.3, 0.4) is 0 Å². The Balaban J connectivity index is 4.11. The van der Waals surface area contributed by atoms with Crippen molar-refractivity contribution in [2.45, 2.75) is 44.0 Å². The van der Waals surface area contributed by atoms with E-state index in [0.29, 0.717) is 6.04 Å². The van der Waals surface area contributed by atoms with Gasteiger partial charge in [0.1, 0.15) is 0 Å². The van der Waals surface area contributed by atoms with Gasteiger partial charge in [0.25, 0.3) is 6.17 Å². The number of hydrogen-bond acceptors (Lipinski definition) is 1. The molecule has 0 spiro atoms. The fourth-order valence-electron chi connectivity index (χ4n) is 0.964. The summed E-state index contributed by atoms with van der Waals surface area (Å²) in [5.41, 5.74) is 0. The molecule has 17 heavy (non-hydrogen) atoms. The lowest BCUT2D eigenvalue weighted by Crippen LogP contribution is -2.43. The van der Waals surface area contributed by atoms with Gasteiger partial charge < -0.3 is 4.74 Å². The van der Waals surface area contributed by atoms with Gasteiger partial charge in [-0.1, -0.05) is 13.1 Å². The van der Waals surface area contributed by atoms with E-state index in [0.717, 1.165) is 0 Å². The largest absolute Gasteiger partial charge is 0.428 e. The Kier molecular flexibility index (Phi) is 5.81. The molecular weight excluding hydrogens is 290 g/mol. The minimum absolute atomic E-state index is 0.0723. The molecule has 0 aliphatic heterocycles. The molecular formula is C8H13ClF6OSi. The topological polar surface area (TPSA) is 9.23 Å². The molecule has 1 nitrogen and oxygen atoms in total. The summed E-state index contributed by atoms with van der Waals surface area (Å²) >= 11 is 5.86. The molecule has 0 radical (unpaired) electrons. The Bertz CT molecular complexity index is 239. The average Bonchev–Trinajstić information content (AvgIpc) is 2.08. The van der Waals surface area contributed by atoms with Crippen LogP contribution in [0.25, 0.3) is 0 Å². The molecule has 104 valence electrons. The first-order valence-electron chi connectivity index (χ1n) is 4.78. The van der Waals surface area contributed by atoms with Gasteiger partial charge in [-0.25, -0.2) is 4.39 Å². The highest BCUT2D eigenvalue weighted by Gasteiger charge is 2.58. The first-order chi connectivity index (χ1) is 7.36. The van der Waals surface area contributed by atoms with Gasteiger partial charge in [0.15, 0.2) is 7.38 Å². The van der Waals surface area contributed by atoms with Crippen molar-refractivity contribution in [1.82, 2.24) is 0 Å². The average molecular weight is 303 g/mol. The molecule has 0 aliphatic rings. The number of hydrogen-bond donors (Lipinski definition) is 0. The van der Waals surface area contributed by atoms with Crippen LogP contribution in [-0.2, 0) is 4.74 Å². The van der Waals surface area contributed by atoms with Crippen molar-refractivity contribution in [3.8, 4) is 0 Å². The van der Waals surface area contributed by atoms with Gasteiger partial charge >= 0.3 is 12.3 Å². The van der Waals surface area contributed by atoms with E-state index in [1.54, 1.807) is 13.1 Å². The van der Waals surface area contributed by atoms with E-state index in [-0.39, 0.29) is 6.42 Å². The Morgan fingerprint density at radius 3 is 2.00 bits per heavy atom. The minimum Gasteiger partial charge on any atom is -0.318 e. The Morgan fingerprint density at radius 1 is 1.18 bits per heavy atom. The van der Waals surface area contributed by atoms with Gasteiger partial charge in [0.05, 0.1) is 6.61 Å². The number of rotatable bonds is 6. The third-order valence-corrected chi connectivity index (χ3v) is 3.90. The zero-order valence-corrected chi connectivity index (χ0v) is 11.0. The molecule has 0 aromatic carbocycles. The van der Waals surface area contributed by atoms with Crippen molar-refractivity contribution in [2.24, 2.45) is 0 Å². The van der Waals surface area contributed by atoms with Crippen LogP contribution in [0.4, 0.5) is 26.3 Å². The Hall–Kier alpha value is 0.0469. The fraction of sp³-hybridized carbons (Fsp3) is 1.00. The van der Waals surface area contributed by atoms with Gasteiger partial charge in [0.2, 0.25) is 0 Å². The summed E-state index contributed by atoms with van der Waals surface area (Å²) in [6, 6.07) is 0.396. The molecule has 0 amide bonds. The highest BCUT2D eigenvalue weighted by molar-refractivity contribution is 7.19. The second-order valence-electron chi connectivity index (χ2n) is 4.14. The monoisotopic (exact) mass is 302 g/mol. The smallest absolute Gasteiger partial charge is 0.318 e. The summed E-state index contributed by atoms with van der Waals surface area (Å²) in [6.45, 7) is 2.84. The molecule has 0 heterocycles. The van der Waals surface area contributed by atoms with Crippen LogP contribution < -0.4 is 0 Å². The second-order valence-corrected chi connectivity index (χ2v) is 11.1. The third kappa shape index (κ3) is 7.15. The van der Waals surface area contributed by atoms with Gasteiger partial charge in [-0.2, -0.15) is 33.0 Å². The summed E-state index contributed by atoms with van der Waals surface area (Å²) < 4.78 is 76.3. The molecule has 0 aromatic heterocycles. The number of ether oxygens (including phenoxy) is 1. The van der Waals surface area contributed by atoms with E-state index in [4.69, 9.17) is 11.1 Å².